The van der Waals surface area contributed by atoms with Gasteiger partial charge in [-0.15, -0.1) is 0 Å². The second-order valence-corrected chi connectivity index (χ2v) is 5.95. The fourth-order valence-corrected chi connectivity index (χ4v) is 3.11. The highest BCUT2D eigenvalue weighted by molar-refractivity contribution is 5.49. The van der Waals surface area contributed by atoms with Gasteiger partial charge in [0.05, 0.1) is 5.56 Å². The zero-order valence-corrected chi connectivity index (χ0v) is 11.9. The van der Waals surface area contributed by atoms with Crippen LogP contribution in [0.2, 0.25) is 0 Å². The van der Waals surface area contributed by atoms with Crippen molar-refractivity contribution in [3.05, 3.63) is 29.8 Å². The molecule has 116 valence electrons. The van der Waals surface area contributed by atoms with Crippen LogP contribution in [0, 0.1) is 0 Å². The van der Waals surface area contributed by atoms with E-state index in [-0.39, 0.29) is 5.54 Å². The van der Waals surface area contributed by atoms with E-state index >= 15 is 0 Å². The van der Waals surface area contributed by atoms with Gasteiger partial charge in [-0.1, -0.05) is 6.07 Å². The van der Waals surface area contributed by atoms with Crippen molar-refractivity contribution < 1.29 is 13.2 Å². The van der Waals surface area contributed by atoms with Crippen LogP contribution >= 0.6 is 0 Å². The molecule has 0 unspecified atom stereocenters. The van der Waals surface area contributed by atoms with Gasteiger partial charge in [0.15, 0.2) is 0 Å². The monoisotopic (exact) mass is 299 g/mol. The van der Waals surface area contributed by atoms with Crippen molar-refractivity contribution in [2.24, 2.45) is 5.73 Å². The first-order valence-electron chi connectivity index (χ1n) is 7.32. The van der Waals surface area contributed by atoms with Crippen molar-refractivity contribution in [2.45, 2.75) is 24.6 Å². The minimum Gasteiger partial charge on any atom is -0.369 e. The zero-order chi connectivity index (χ0) is 15.1. The molecule has 0 bridgehead atoms. The Morgan fingerprint density at radius 3 is 2.29 bits per heavy atom. The van der Waals surface area contributed by atoms with E-state index in [0.717, 1.165) is 45.1 Å². The van der Waals surface area contributed by atoms with Gasteiger partial charge in [0.2, 0.25) is 0 Å². The molecule has 1 saturated heterocycles. The Labute approximate surface area is 122 Å². The highest BCUT2D eigenvalue weighted by atomic mass is 19.4. The molecule has 1 heterocycles. The second kappa shape index (κ2) is 5.18. The molecule has 6 heteroatoms. The molecule has 2 aliphatic rings. The minimum absolute atomic E-state index is 0.180. The number of anilines is 1. The molecule has 1 aromatic carbocycles. The number of nitrogens with two attached hydrogens (primary N) is 1. The predicted molar refractivity (Wildman–Crippen MR) is 76.2 cm³/mol. The Morgan fingerprint density at radius 1 is 1.10 bits per heavy atom. The van der Waals surface area contributed by atoms with E-state index in [1.54, 1.807) is 6.07 Å². The van der Waals surface area contributed by atoms with Crippen molar-refractivity contribution in [3.63, 3.8) is 0 Å². The molecular formula is C15H20F3N3. The van der Waals surface area contributed by atoms with E-state index < -0.39 is 11.7 Å². The van der Waals surface area contributed by atoms with E-state index in [0.29, 0.717) is 12.2 Å². The van der Waals surface area contributed by atoms with Crippen molar-refractivity contribution in [2.75, 3.05) is 37.6 Å². The van der Waals surface area contributed by atoms with Crippen LogP contribution < -0.4 is 10.6 Å². The largest absolute Gasteiger partial charge is 0.416 e. The zero-order valence-electron chi connectivity index (χ0n) is 11.9. The quantitative estimate of drug-likeness (QED) is 0.929. The van der Waals surface area contributed by atoms with Gasteiger partial charge in [-0.2, -0.15) is 13.2 Å². The Morgan fingerprint density at radius 2 is 1.76 bits per heavy atom. The first-order chi connectivity index (χ1) is 9.94. The highest BCUT2D eigenvalue weighted by Crippen LogP contribution is 2.41. The van der Waals surface area contributed by atoms with Crippen LogP contribution in [0.5, 0.6) is 0 Å². The van der Waals surface area contributed by atoms with Crippen molar-refractivity contribution in [1.82, 2.24) is 4.90 Å². The van der Waals surface area contributed by atoms with Gasteiger partial charge in [0.25, 0.3) is 0 Å². The van der Waals surface area contributed by atoms with E-state index in [1.165, 1.54) is 12.1 Å². The number of hydrogen-bond donors (Lipinski definition) is 1. The second-order valence-electron chi connectivity index (χ2n) is 5.95. The highest BCUT2D eigenvalue weighted by Gasteiger charge is 2.47. The molecule has 3 rings (SSSR count). The van der Waals surface area contributed by atoms with Crippen LogP contribution in [0.4, 0.5) is 18.9 Å². The lowest BCUT2D eigenvalue weighted by molar-refractivity contribution is -0.137. The molecule has 1 aromatic rings. The molecule has 1 saturated carbocycles. The lowest BCUT2D eigenvalue weighted by Crippen LogP contribution is -2.53. The number of alkyl halides is 3. The van der Waals surface area contributed by atoms with E-state index in [2.05, 4.69) is 4.90 Å². The molecule has 0 atom stereocenters. The Hall–Kier alpha value is -1.27. The molecule has 0 radical (unpaired) electrons. The molecule has 3 nitrogen and oxygen atoms in total. The van der Waals surface area contributed by atoms with Crippen molar-refractivity contribution in [1.29, 1.82) is 0 Å². The number of hydrogen-bond acceptors (Lipinski definition) is 3. The van der Waals surface area contributed by atoms with Crippen LogP contribution in [-0.4, -0.2) is 43.2 Å². The molecule has 21 heavy (non-hydrogen) atoms. The van der Waals surface area contributed by atoms with E-state index in [1.807, 2.05) is 4.90 Å². The molecule has 0 spiro atoms. The van der Waals surface area contributed by atoms with Crippen molar-refractivity contribution >= 4 is 5.69 Å². The summed E-state index contributed by atoms with van der Waals surface area (Å²) in [7, 11) is 0. The normalized spacial score (nSPS) is 22.4. The van der Waals surface area contributed by atoms with Gasteiger partial charge in [0, 0.05) is 44.0 Å². The van der Waals surface area contributed by atoms with Crippen LogP contribution in [0.3, 0.4) is 0 Å². The average Bonchev–Trinajstić information content (AvgIpc) is 3.28. The van der Waals surface area contributed by atoms with E-state index in [9.17, 15) is 13.2 Å². The number of rotatable bonds is 3. The van der Waals surface area contributed by atoms with Crippen LogP contribution in [-0.2, 0) is 6.18 Å². The summed E-state index contributed by atoms with van der Waals surface area (Å²) in [6, 6.07) is 5.59. The van der Waals surface area contributed by atoms with Gasteiger partial charge in [0.1, 0.15) is 0 Å². The summed E-state index contributed by atoms with van der Waals surface area (Å²) in [6.07, 6.45) is -1.99. The van der Waals surface area contributed by atoms with Gasteiger partial charge in [-0.3, -0.25) is 4.90 Å². The average molecular weight is 299 g/mol. The molecule has 2 fully saturated rings. The topological polar surface area (TPSA) is 32.5 Å². The molecule has 2 N–H and O–H groups in total. The standard InChI is InChI=1S/C15H20F3N3/c16-15(17,18)12-2-1-3-13(10-12)20-6-8-21(9-7-20)14(11-19)4-5-14/h1-3,10H,4-9,11,19H2. The third-order valence-corrected chi connectivity index (χ3v) is 4.70. The van der Waals surface area contributed by atoms with Crippen LogP contribution in [0.15, 0.2) is 24.3 Å². The SMILES string of the molecule is NCC1(N2CCN(c3cccc(C(F)(F)F)c3)CC2)CC1. The summed E-state index contributed by atoms with van der Waals surface area (Å²) in [5, 5.41) is 0. The smallest absolute Gasteiger partial charge is 0.369 e. The fraction of sp³-hybridized carbons (Fsp3) is 0.600. The third-order valence-electron chi connectivity index (χ3n) is 4.70. The number of nitrogens with zero attached hydrogens (tertiary/aromatic N) is 2. The third kappa shape index (κ3) is 2.87. The van der Waals surface area contributed by atoms with Gasteiger partial charge >= 0.3 is 6.18 Å². The minimum atomic E-state index is -4.28. The summed E-state index contributed by atoms with van der Waals surface area (Å²) in [6.45, 7) is 3.92. The van der Waals surface area contributed by atoms with E-state index in [4.69, 9.17) is 5.73 Å². The van der Waals surface area contributed by atoms with Gasteiger partial charge < -0.3 is 10.6 Å². The molecule has 0 amide bonds. The number of halogens is 3. The lowest BCUT2D eigenvalue weighted by Gasteiger charge is -2.40. The summed E-state index contributed by atoms with van der Waals surface area (Å²) >= 11 is 0. The fourth-order valence-electron chi connectivity index (χ4n) is 3.11. The summed E-state index contributed by atoms with van der Waals surface area (Å²) in [5.74, 6) is 0. The molecule has 0 aromatic heterocycles. The summed E-state index contributed by atoms with van der Waals surface area (Å²) in [5.41, 5.74) is 6.09. The Kier molecular flexibility index (Phi) is 3.61. The summed E-state index contributed by atoms with van der Waals surface area (Å²) in [4.78, 5) is 4.43. The molecule has 1 aliphatic carbocycles. The number of piperazine rings is 1. The summed E-state index contributed by atoms with van der Waals surface area (Å²) < 4.78 is 38.3. The molecular weight excluding hydrogens is 279 g/mol. The maximum absolute atomic E-state index is 12.8. The first-order valence-corrected chi connectivity index (χ1v) is 7.32. The Balaban J connectivity index is 1.67. The lowest BCUT2D eigenvalue weighted by atomic mass is 10.1. The van der Waals surface area contributed by atoms with Gasteiger partial charge in [-0.25, -0.2) is 0 Å². The molecule has 1 aliphatic heterocycles. The Bertz CT molecular complexity index is 503. The first kappa shape index (κ1) is 14.7. The van der Waals surface area contributed by atoms with Gasteiger partial charge in [-0.05, 0) is 31.0 Å². The number of benzene rings is 1. The predicted octanol–water partition coefficient (Wildman–Crippen LogP) is 2.32. The van der Waals surface area contributed by atoms with Crippen molar-refractivity contribution in [3.8, 4) is 0 Å². The maximum Gasteiger partial charge on any atom is 0.416 e. The van der Waals surface area contributed by atoms with Crippen LogP contribution in [0.1, 0.15) is 18.4 Å². The van der Waals surface area contributed by atoms with Crippen LogP contribution in [0.25, 0.3) is 0 Å². The maximum atomic E-state index is 12.8.